The van der Waals surface area contributed by atoms with E-state index in [1.807, 2.05) is 59.8 Å². The van der Waals surface area contributed by atoms with Crippen LogP contribution in [0, 0.1) is 0 Å². The Morgan fingerprint density at radius 3 is 2.62 bits per heavy atom. The normalized spacial score (nSPS) is 17.3. The van der Waals surface area contributed by atoms with Gasteiger partial charge in [-0.15, -0.1) is 11.8 Å². The third kappa shape index (κ3) is 4.19. The minimum atomic E-state index is -0.327. The Bertz CT molecular complexity index is 1240. The fourth-order valence-corrected chi connectivity index (χ4v) is 5.15. The molecule has 0 unspecified atom stereocenters. The van der Waals surface area contributed by atoms with Crippen LogP contribution in [0.5, 0.6) is 0 Å². The topological polar surface area (TPSA) is 109 Å². The zero-order chi connectivity index (χ0) is 23.8. The summed E-state index contributed by atoms with van der Waals surface area (Å²) in [5.74, 6) is -0.327. The molecule has 5 rings (SSSR count). The Balaban J connectivity index is 1.55. The number of amides is 3. The highest BCUT2D eigenvalue weighted by Gasteiger charge is 2.37. The van der Waals surface area contributed by atoms with E-state index >= 15 is 0 Å². The molecule has 176 valence electrons. The molecule has 1 fully saturated rings. The summed E-state index contributed by atoms with van der Waals surface area (Å²) in [6.45, 7) is 2.17. The minimum absolute atomic E-state index is 0.0108. The molecule has 3 amide bonds. The van der Waals surface area contributed by atoms with Crippen molar-refractivity contribution < 1.29 is 9.59 Å². The van der Waals surface area contributed by atoms with E-state index in [0.29, 0.717) is 19.6 Å². The van der Waals surface area contributed by atoms with Crippen molar-refractivity contribution in [2.24, 2.45) is 5.73 Å². The number of aromatic nitrogens is 3. The standard InChI is InChI=1S/C24H27N7O2S/c1-29-13-16-12-26-19-5-4-18(15-3-6-21(34-2)27-11-15)28-22(19)23(16)31(24(29)33)17-7-9-30(10-8-17)14-20(25)32/h3-6,11-12,17H,7-10,13-14H2,1-2H3,(H2,25,32). The smallest absolute Gasteiger partial charge is 0.324 e. The lowest BCUT2D eigenvalue weighted by atomic mass is 9.99. The molecular formula is C24H27N7O2S. The van der Waals surface area contributed by atoms with Gasteiger partial charge in [0.1, 0.15) is 5.52 Å². The summed E-state index contributed by atoms with van der Waals surface area (Å²) < 4.78 is 0. The first kappa shape index (κ1) is 22.5. The van der Waals surface area contributed by atoms with Crippen molar-refractivity contribution in [3.63, 3.8) is 0 Å². The Kier molecular flexibility index (Phi) is 6.09. The van der Waals surface area contributed by atoms with Crippen LogP contribution in [-0.4, -0.2) is 75.7 Å². The molecule has 0 saturated carbocycles. The summed E-state index contributed by atoms with van der Waals surface area (Å²) in [5.41, 5.74) is 10.4. The number of carbonyl (C=O) groups is 2. The molecule has 3 aromatic heterocycles. The Hall–Kier alpha value is -3.24. The van der Waals surface area contributed by atoms with Gasteiger partial charge in [0.2, 0.25) is 5.91 Å². The SMILES string of the molecule is CSc1ccc(-c2ccc3ncc4c(c3n2)N(C2CCN(CC(N)=O)CC2)C(=O)N(C)C4)cn1. The van der Waals surface area contributed by atoms with Gasteiger partial charge in [-0.2, -0.15) is 0 Å². The van der Waals surface area contributed by atoms with E-state index in [2.05, 4.69) is 9.97 Å². The van der Waals surface area contributed by atoms with Crippen molar-refractivity contribution in [2.45, 2.75) is 30.5 Å². The van der Waals surface area contributed by atoms with Gasteiger partial charge in [-0.3, -0.25) is 19.6 Å². The highest BCUT2D eigenvalue weighted by Crippen LogP contribution is 2.37. The number of nitrogens with two attached hydrogens (primary N) is 1. The number of rotatable bonds is 5. The van der Waals surface area contributed by atoms with Gasteiger partial charge in [0, 0.05) is 49.7 Å². The Labute approximate surface area is 202 Å². The zero-order valence-corrected chi connectivity index (χ0v) is 20.1. The number of fused-ring (bicyclic) bond motifs is 3. The number of urea groups is 1. The predicted molar refractivity (Wildman–Crippen MR) is 133 cm³/mol. The average molecular weight is 478 g/mol. The van der Waals surface area contributed by atoms with Crippen LogP contribution in [0.3, 0.4) is 0 Å². The van der Waals surface area contributed by atoms with E-state index < -0.39 is 0 Å². The second-order valence-corrected chi connectivity index (χ2v) is 9.59. The molecule has 9 nitrogen and oxygen atoms in total. The number of likely N-dealkylation sites (tertiary alicyclic amines) is 1. The summed E-state index contributed by atoms with van der Waals surface area (Å²) in [6, 6.07) is 7.87. The molecule has 10 heteroatoms. The van der Waals surface area contributed by atoms with Crippen molar-refractivity contribution in [1.29, 1.82) is 0 Å². The lowest BCUT2D eigenvalue weighted by Crippen LogP contribution is -2.54. The Morgan fingerprint density at radius 1 is 1.15 bits per heavy atom. The molecule has 2 aliphatic heterocycles. The maximum absolute atomic E-state index is 13.4. The first-order chi connectivity index (χ1) is 16.4. The number of pyridine rings is 3. The average Bonchev–Trinajstić information content (AvgIpc) is 2.85. The maximum atomic E-state index is 13.4. The summed E-state index contributed by atoms with van der Waals surface area (Å²) in [5, 5.41) is 0.950. The lowest BCUT2D eigenvalue weighted by molar-refractivity contribution is -0.119. The van der Waals surface area contributed by atoms with Gasteiger partial charge in [0.15, 0.2) is 0 Å². The van der Waals surface area contributed by atoms with Crippen LogP contribution in [-0.2, 0) is 11.3 Å². The molecule has 2 aliphatic rings. The van der Waals surface area contributed by atoms with Crippen molar-refractivity contribution in [1.82, 2.24) is 24.8 Å². The third-order valence-corrected chi connectivity index (χ3v) is 7.15. The Morgan fingerprint density at radius 2 is 1.94 bits per heavy atom. The summed E-state index contributed by atoms with van der Waals surface area (Å²) in [6.07, 6.45) is 7.20. The van der Waals surface area contributed by atoms with Crippen LogP contribution in [0.1, 0.15) is 18.4 Å². The minimum Gasteiger partial charge on any atom is -0.369 e. The highest BCUT2D eigenvalue weighted by atomic mass is 32.2. The molecular weight excluding hydrogens is 450 g/mol. The fraction of sp³-hybridized carbons (Fsp3) is 0.375. The molecule has 3 aromatic rings. The van der Waals surface area contributed by atoms with Gasteiger partial charge in [-0.05, 0) is 43.4 Å². The van der Waals surface area contributed by atoms with Crippen molar-refractivity contribution in [3.05, 3.63) is 42.2 Å². The number of anilines is 1. The third-order valence-electron chi connectivity index (χ3n) is 6.49. The van der Waals surface area contributed by atoms with Crippen LogP contribution >= 0.6 is 11.8 Å². The van der Waals surface area contributed by atoms with E-state index in [1.165, 1.54) is 0 Å². The summed E-state index contributed by atoms with van der Waals surface area (Å²) in [7, 11) is 1.81. The van der Waals surface area contributed by atoms with E-state index in [0.717, 1.165) is 51.4 Å². The number of nitrogens with zero attached hydrogens (tertiary/aromatic N) is 6. The zero-order valence-electron chi connectivity index (χ0n) is 19.3. The molecule has 0 aliphatic carbocycles. The van der Waals surface area contributed by atoms with Crippen molar-refractivity contribution >= 4 is 40.4 Å². The van der Waals surface area contributed by atoms with Crippen LogP contribution < -0.4 is 10.6 Å². The van der Waals surface area contributed by atoms with Gasteiger partial charge < -0.3 is 10.6 Å². The number of thioether (sulfide) groups is 1. The molecule has 2 N–H and O–H groups in total. The number of piperidine rings is 1. The van der Waals surface area contributed by atoms with Gasteiger partial charge in [0.25, 0.3) is 0 Å². The number of carbonyl (C=O) groups excluding carboxylic acids is 2. The van der Waals surface area contributed by atoms with Gasteiger partial charge in [0.05, 0.1) is 35.0 Å². The molecule has 0 aromatic carbocycles. The van der Waals surface area contributed by atoms with Crippen LogP contribution in [0.15, 0.2) is 41.7 Å². The largest absolute Gasteiger partial charge is 0.369 e. The summed E-state index contributed by atoms with van der Waals surface area (Å²) in [4.78, 5) is 44.5. The van der Waals surface area contributed by atoms with Crippen LogP contribution in [0.4, 0.5) is 10.5 Å². The molecule has 0 radical (unpaired) electrons. The van der Waals surface area contributed by atoms with Crippen molar-refractivity contribution in [2.75, 3.05) is 37.8 Å². The second-order valence-electron chi connectivity index (χ2n) is 8.77. The molecule has 0 bridgehead atoms. The van der Waals surface area contributed by atoms with E-state index in [9.17, 15) is 9.59 Å². The first-order valence-electron chi connectivity index (χ1n) is 11.3. The molecule has 1 saturated heterocycles. The van der Waals surface area contributed by atoms with E-state index in [1.54, 1.807) is 16.7 Å². The maximum Gasteiger partial charge on any atom is 0.324 e. The highest BCUT2D eigenvalue weighted by molar-refractivity contribution is 7.98. The van der Waals surface area contributed by atoms with Crippen LogP contribution in [0.2, 0.25) is 0 Å². The molecule has 0 spiro atoms. The number of primary amides is 1. The van der Waals surface area contributed by atoms with E-state index in [4.69, 9.17) is 10.7 Å². The molecule has 34 heavy (non-hydrogen) atoms. The molecule has 5 heterocycles. The molecule has 0 atom stereocenters. The quantitative estimate of drug-likeness (QED) is 0.563. The van der Waals surface area contributed by atoms with Gasteiger partial charge in [-0.25, -0.2) is 14.8 Å². The summed E-state index contributed by atoms with van der Waals surface area (Å²) >= 11 is 1.59. The second kappa shape index (κ2) is 9.19. The fourth-order valence-electron chi connectivity index (χ4n) is 4.79. The predicted octanol–water partition coefficient (Wildman–Crippen LogP) is 2.74. The first-order valence-corrected chi connectivity index (χ1v) is 12.5. The van der Waals surface area contributed by atoms with Crippen molar-refractivity contribution in [3.8, 4) is 11.3 Å². The van der Waals surface area contributed by atoms with Crippen LogP contribution in [0.25, 0.3) is 22.3 Å². The number of hydrogen-bond acceptors (Lipinski definition) is 7. The van der Waals surface area contributed by atoms with Gasteiger partial charge in [-0.1, -0.05) is 0 Å². The number of hydrogen-bond donors (Lipinski definition) is 1. The van der Waals surface area contributed by atoms with Gasteiger partial charge >= 0.3 is 6.03 Å². The monoisotopic (exact) mass is 477 g/mol. The van der Waals surface area contributed by atoms with E-state index in [-0.39, 0.29) is 24.5 Å². The lowest BCUT2D eigenvalue weighted by Gasteiger charge is -2.43.